The number of barbiturate groups is 1. The highest BCUT2D eigenvalue weighted by atomic mass is 127. The summed E-state index contributed by atoms with van der Waals surface area (Å²) in [5.74, 6) is -0.358. The van der Waals surface area contributed by atoms with Crippen molar-refractivity contribution in [1.82, 2.24) is 5.32 Å². The van der Waals surface area contributed by atoms with Gasteiger partial charge in [0.1, 0.15) is 12.2 Å². The van der Waals surface area contributed by atoms with E-state index >= 15 is 0 Å². The molecule has 0 radical (unpaired) electrons. The maximum Gasteiger partial charge on any atom is 0.335 e. The molecule has 0 aromatic heterocycles. The fourth-order valence-electron chi connectivity index (χ4n) is 3.77. The Labute approximate surface area is 223 Å². The Morgan fingerprint density at radius 2 is 1.69 bits per heavy atom. The molecule has 4 amide bonds. The van der Waals surface area contributed by atoms with Gasteiger partial charge in [0.25, 0.3) is 11.8 Å². The summed E-state index contributed by atoms with van der Waals surface area (Å²) in [5.41, 5.74) is 3.77. The Morgan fingerprint density at radius 1 is 0.972 bits per heavy atom. The third-order valence-electron chi connectivity index (χ3n) is 5.60. The van der Waals surface area contributed by atoms with Gasteiger partial charge >= 0.3 is 6.03 Å². The van der Waals surface area contributed by atoms with Crippen molar-refractivity contribution in [2.75, 3.05) is 11.5 Å². The minimum Gasteiger partial charge on any atom is -0.490 e. The fraction of sp³-hybridized carbons (Fsp3) is 0.179. The molecule has 1 aliphatic heterocycles. The fourth-order valence-corrected chi connectivity index (χ4v) is 4.55. The maximum absolute atomic E-state index is 13.3. The van der Waals surface area contributed by atoms with Crippen LogP contribution in [0.15, 0.2) is 66.2 Å². The Morgan fingerprint density at radius 3 is 2.39 bits per heavy atom. The maximum atomic E-state index is 13.3. The lowest BCUT2D eigenvalue weighted by atomic mass is 10.1. The molecule has 1 N–H and O–H groups in total. The summed E-state index contributed by atoms with van der Waals surface area (Å²) in [4.78, 5) is 39.4. The average molecular weight is 596 g/mol. The molecule has 0 bridgehead atoms. The van der Waals surface area contributed by atoms with E-state index in [9.17, 15) is 14.4 Å². The summed E-state index contributed by atoms with van der Waals surface area (Å²) in [6.45, 7) is 6.46. The van der Waals surface area contributed by atoms with Gasteiger partial charge in [-0.1, -0.05) is 48.0 Å². The SMILES string of the molecule is CCOc1cc(/C=C2\C(=O)NC(=O)N(c3ccccc3C)C2=O)cc(I)c1OCc1ccc(C)cc1. The lowest BCUT2D eigenvalue weighted by Crippen LogP contribution is -2.54. The van der Waals surface area contributed by atoms with Crippen LogP contribution in [0, 0.1) is 17.4 Å². The predicted octanol–water partition coefficient (Wildman–Crippen LogP) is 5.55. The zero-order chi connectivity index (χ0) is 25.8. The molecule has 1 fully saturated rings. The summed E-state index contributed by atoms with van der Waals surface area (Å²) in [5, 5.41) is 2.27. The Hall–Kier alpha value is -3.66. The number of aryl methyl sites for hydroxylation is 2. The van der Waals surface area contributed by atoms with Crippen LogP contribution in [0.25, 0.3) is 6.08 Å². The van der Waals surface area contributed by atoms with Crippen LogP contribution in [-0.4, -0.2) is 24.5 Å². The van der Waals surface area contributed by atoms with Gasteiger partial charge < -0.3 is 9.47 Å². The molecule has 1 saturated heterocycles. The number of nitrogens with one attached hydrogen (secondary N) is 1. The van der Waals surface area contributed by atoms with Gasteiger partial charge in [-0.25, -0.2) is 9.69 Å². The number of rotatable bonds is 7. The van der Waals surface area contributed by atoms with Gasteiger partial charge in [0.05, 0.1) is 15.9 Å². The van der Waals surface area contributed by atoms with Crippen LogP contribution < -0.4 is 19.7 Å². The van der Waals surface area contributed by atoms with Gasteiger partial charge in [-0.15, -0.1) is 0 Å². The van der Waals surface area contributed by atoms with Crippen molar-refractivity contribution in [3.63, 3.8) is 0 Å². The number of ether oxygens (including phenoxy) is 2. The van der Waals surface area contributed by atoms with Crippen molar-refractivity contribution in [3.8, 4) is 11.5 Å². The van der Waals surface area contributed by atoms with Crippen LogP contribution in [0.4, 0.5) is 10.5 Å². The third-order valence-corrected chi connectivity index (χ3v) is 6.41. The summed E-state index contributed by atoms with van der Waals surface area (Å²) in [6, 6.07) is 17.8. The molecular weight excluding hydrogens is 571 g/mol. The second-order valence-electron chi connectivity index (χ2n) is 8.28. The minimum atomic E-state index is -0.777. The summed E-state index contributed by atoms with van der Waals surface area (Å²) in [6.07, 6.45) is 1.46. The number of hydrogen-bond donors (Lipinski definition) is 1. The number of hydrogen-bond acceptors (Lipinski definition) is 5. The van der Waals surface area contributed by atoms with Gasteiger partial charge in [0, 0.05) is 0 Å². The van der Waals surface area contributed by atoms with Crippen molar-refractivity contribution in [3.05, 3.63) is 92.1 Å². The number of para-hydroxylation sites is 1. The molecule has 1 heterocycles. The number of imide groups is 2. The van der Waals surface area contributed by atoms with Crippen LogP contribution in [0.1, 0.15) is 29.2 Å². The molecule has 0 atom stereocenters. The Kier molecular flexibility index (Phi) is 7.73. The first-order valence-corrected chi connectivity index (χ1v) is 12.5. The van der Waals surface area contributed by atoms with Gasteiger partial charge in [-0.2, -0.15) is 0 Å². The molecule has 1 aliphatic rings. The normalized spacial score (nSPS) is 14.7. The second kappa shape index (κ2) is 10.9. The van der Waals surface area contributed by atoms with E-state index in [1.54, 1.807) is 37.3 Å². The molecule has 3 aromatic rings. The van der Waals surface area contributed by atoms with Crippen molar-refractivity contribution in [2.45, 2.75) is 27.4 Å². The standard InChI is InChI=1S/C28H25IN2O5/c1-4-35-24-15-20(14-22(29)25(24)36-16-19-11-9-17(2)10-12-19)13-21-26(32)30-28(34)31(27(21)33)23-8-6-5-7-18(23)3/h5-15H,4,16H2,1-3H3,(H,30,32,34)/b21-13+. The molecule has 0 aliphatic carbocycles. The van der Waals surface area contributed by atoms with E-state index in [1.807, 2.05) is 44.2 Å². The van der Waals surface area contributed by atoms with Gasteiger partial charge in [-0.3, -0.25) is 14.9 Å². The number of carbonyl (C=O) groups is 3. The predicted molar refractivity (Wildman–Crippen MR) is 146 cm³/mol. The lowest BCUT2D eigenvalue weighted by Gasteiger charge is -2.27. The number of benzene rings is 3. The topological polar surface area (TPSA) is 84.9 Å². The monoisotopic (exact) mass is 596 g/mol. The molecule has 36 heavy (non-hydrogen) atoms. The van der Waals surface area contributed by atoms with Gasteiger partial charge in [0.15, 0.2) is 11.5 Å². The molecule has 0 saturated carbocycles. The van der Waals surface area contributed by atoms with E-state index in [0.717, 1.165) is 19.6 Å². The average Bonchev–Trinajstić information content (AvgIpc) is 2.83. The van der Waals surface area contributed by atoms with Crippen molar-refractivity contribution >= 4 is 52.2 Å². The highest BCUT2D eigenvalue weighted by Crippen LogP contribution is 2.36. The quantitative estimate of drug-likeness (QED) is 0.220. The number of halogens is 1. The van der Waals surface area contributed by atoms with E-state index in [-0.39, 0.29) is 5.57 Å². The molecule has 0 spiro atoms. The number of nitrogens with zero attached hydrogens (tertiary/aromatic N) is 1. The summed E-state index contributed by atoms with van der Waals surface area (Å²) in [7, 11) is 0. The Bertz CT molecular complexity index is 1360. The van der Waals surface area contributed by atoms with Gasteiger partial charge in [0.2, 0.25) is 0 Å². The number of carbonyl (C=O) groups excluding carboxylic acids is 3. The summed E-state index contributed by atoms with van der Waals surface area (Å²) < 4.78 is 12.7. The molecule has 4 rings (SSSR count). The summed E-state index contributed by atoms with van der Waals surface area (Å²) >= 11 is 2.14. The van der Waals surface area contributed by atoms with E-state index in [4.69, 9.17) is 9.47 Å². The molecule has 7 nitrogen and oxygen atoms in total. The van der Waals surface area contributed by atoms with E-state index in [2.05, 4.69) is 27.9 Å². The third kappa shape index (κ3) is 5.43. The first kappa shape index (κ1) is 25.4. The molecule has 3 aromatic carbocycles. The van der Waals surface area contributed by atoms with Crippen LogP contribution in [0.2, 0.25) is 0 Å². The first-order valence-electron chi connectivity index (χ1n) is 11.4. The number of amides is 4. The van der Waals surface area contributed by atoms with Crippen molar-refractivity contribution in [1.29, 1.82) is 0 Å². The van der Waals surface area contributed by atoms with Crippen molar-refractivity contribution in [2.24, 2.45) is 0 Å². The van der Waals surface area contributed by atoms with Crippen LogP contribution in [-0.2, 0) is 16.2 Å². The van der Waals surface area contributed by atoms with E-state index in [1.165, 1.54) is 11.6 Å². The smallest absolute Gasteiger partial charge is 0.335 e. The molecule has 184 valence electrons. The highest BCUT2D eigenvalue weighted by Gasteiger charge is 2.37. The first-order chi connectivity index (χ1) is 17.3. The lowest BCUT2D eigenvalue weighted by molar-refractivity contribution is -0.122. The van der Waals surface area contributed by atoms with Crippen LogP contribution in [0.3, 0.4) is 0 Å². The molecule has 8 heteroatoms. The molecule has 0 unspecified atom stereocenters. The van der Waals surface area contributed by atoms with Gasteiger partial charge in [-0.05, 0) is 84.3 Å². The number of urea groups is 1. The number of anilines is 1. The van der Waals surface area contributed by atoms with Crippen LogP contribution >= 0.6 is 22.6 Å². The highest BCUT2D eigenvalue weighted by molar-refractivity contribution is 14.1. The van der Waals surface area contributed by atoms with Crippen molar-refractivity contribution < 1.29 is 23.9 Å². The van der Waals surface area contributed by atoms with E-state index in [0.29, 0.717) is 36.0 Å². The largest absolute Gasteiger partial charge is 0.490 e. The van der Waals surface area contributed by atoms with E-state index < -0.39 is 17.8 Å². The Balaban J connectivity index is 1.66. The van der Waals surface area contributed by atoms with Crippen LogP contribution in [0.5, 0.6) is 11.5 Å². The molecular formula is C28H25IN2O5. The second-order valence-corrected chi connectivity index (χ2v) is 9.44. The zero-order valence-electron chi connectivity index (χ0n) is 20.1. The zero-order valence-corrected chi connectivity index (χ0v) is 22.3. The minimum absolute atomic E-state index is 0.149.